The van der Waals surface area contributed by atoms with Gasteiger partial charge in [0.1, 0.15) is 13.2 Å². The number of hydrogen-bond donors (Lipinski definition) is 1. The predicted octanol–water partition coefficient (Wildman–Crippen LogP) is 1.81. The largest absolute Gasteiger partial charge is 0.486 e. The Morgan fingerprint density at radius 1 is 1.47 bits per heavy atom. The fourth-order valence-corrected chi connectivity index (χ4v) is 1.80. The third-order valence-electron chi connectivity index (χ3n) is 2.37. The normalized spacial score (nSPS) is 14.1. The molecule has 1 aromatic carbocycles. The molecule has 4 nitrogen and oxygen atoms in total. The maximum Gasteiger partial charge on any atom is 0.180 e. The number of halogens is 1. The molecular weight excluding hydrogens is 218 g/mol. The van der Waals surface area contributed by atoms with Crippen LogP contribution in [0.5, 0.6) is 11.5 Å². The summed E-state index contributed by atoms with van der Waals surface area (Å²) in [6, 6.07) is 1.85. The molecule has 0 unspecified atom stereocenters. The Kier molecular flexibility index (Phi) is 3.00. The number of hydrogen-bond acceptors (Lipinski definition) is 4. The Morgan fingerprint density at radius 3 is 2.93 bits per heavy atom. The molecule has 1 aliphatic rings. The van der Waals surface area contributed by atoms with Crippen LogP contribution in [-0.4, -0.2) is 13.2 Å². The van der Waals surface area contributed by atoms with E-state index in [-0.39, 0.29) is 0 Å². The number of rotatable bonds is 2. The average molecular weight is 230 g/mol. The van der Waals surface area contributed by atoms with Crippen LogP contribution in [0.2, 0.25) is 5.02 Å². The zero-order valence-corrected chi connectivity index (χ0v) is 9.13. The van der Waals surface area contributed by atoms with Crippen LogP contribution in [0.4, 0.5) is 0 Å². The number of benzene rings is 1. The molecule has 0 spiro atoms. The van der Waals surface area contributed by atoms with Gasteiger partial charge in [-0.3, -0.25) is 4.84 Å². The summed E-state index contributed by atoms with van der Waals surface area (Å²) in [5, 5.41) is 0.569. The van der Waals surface area contributed by atoms with Gasteiger partial charge in [-0.15, -0.1) is 0 Å². The van der Waals surface area contributed by atoms with E-state index in [0.29, 0.717) is 36.3 Å². The molecule has 1 aromatic rings. The van der Waals surface area contributed by atoms with Gasteiger partial charge in [-0.25, -0.2) is 5.90 Å². The third-order valence-corrected chi connectivity index (χ3v) is 2.82. The second-order valence-electron chi connectivity index (χ2n) is 3.31. The lowest BCUT2D eigenvalue weighted by Gasteiger charge is -2.21. The molecule has 0 bridgehead atoms. The van der Waals surface area contributed by atoms with Crippen molar-refractivity contribution >= 4 is 11.6 Å². The van der Waals surface area contributed by atoms with E-state index in [9.17, 15) is 0 Å². The third kappa shape index (κ3) is 1.88. The molecule has 1 aliphatic heterocycles. The summed E-state index contributed by atoms with van der Waals surface area (Å²) >= 11 is 6.15. The van der Waals surface area contributed by atoms with Gasteiger partial charge in [0.2, 0.25) is 0 Å². The zero-order valence-electron chi connectivity index (χ0n) is 8.38. The van der Waals surface area contributed by atoms with Crippen molar-refractivity contribution in [3.8, 4) is 11.5 Å². The molecule has 2 N–H and O–H groups in total. The molecule has 0 aliphatic carbocycles. The summed E-state index contributed by atoms with van der Waals surface area (Å²) in [4.78, 5) is 4.60. The van der Waals surface area contributed by atoms with Gasteiger partial charge in [0.15, 0.2) is 11.5 Å². The van der Waals surface area contributed by atoms with Gasteiger partial charge in [0, 0.05) is 0 Å². The fourth-order valence-electron chi connectivity index (χ4n) is 1.53. The van der Waals surface area contributed by atoms with Gasteiger partial charge in [0.25, 0.3) is 0 Å². The van der Waals surface area contributed by atoms with Gasteiger partial charge in [-0.1, -0.05) is 11.6 Å². The molecule has 0 saturated heterocycles. The lowest BCUT2D eigenvalue weighted by Crippen LogP contribution is -2.16. The van der Waals surface area contributed by atoms with Crippen molar-refractivity contribution in [3.63, 3.8) is 0 Å². The van der Waals surface area contributed by atoms with Crippen molar-refractivity contribution in [1.29, 1.82) is 0 Å². The second-order valence-corrected chi connectivity index (χ2v) is 3.69. The molecule has 0 amide bonds. The van der Waals surface area contributed by atoms with Crippen molar-refractivity contribution in [2.45, 2.75) is 13.5 Å². The topological polar surface area (TPSA) is 53.7 Å². The van der Waals surface area contributed by atoms with E-state index in [0.717, 1.165) is 11.1 Å². The molecule has 82 valence electrons. The molecule has 1 heterocycles. The smallest absolute Gasteiger partial charge is 0.180 e. The van der Waals surface area contributed by atoms with Crippen molar-refractivity contribution in [2.24, 2.45) is 5.90 Å². The van der Waals surface area contributed by atoms with Crippen LogP contribution in [0.3, 0.4) is 0 Å². The lowest BCUT2D eigenvalue weighted by molar-refractivity contribution is 0.122. The predicted molar refractivity (Wildman–Crippen MR) is 56.2 cm³/mol. The van der Waals surface area contributed by atoms with Crippen molar-refractivity contribution in [2.75, 3.05) is 13.2 Å². The SMILES string of the molecule is Cc1c(CON)cc2c(c1Cl)OCCO2. The second kappa shape index (κ2) is 4.26. The van der Waals surface area contributed by atoms with E-state index in [1.165, 1.54) is 0 Å². The quantitative estimate of drug-likeness (QED) is 0.786. The number of fused-ring (bicyclic) bond motifs is 1. The first kappa shape index (κ1) is 10.5. The Hall–Kier alpha value is -0.970. The van der Waals surface area contributed by atoms with E-state index < -0.39 is 0 Å². The van der Waals surface area contributed by atoms with Gasteiger partial charge < -0.3 is 9.47 Å². The van der Waals surface area contributed by atoms with E-state index in [2.05, 4.69) is 4.84 Å². The molecule has 0 aromatic heterocycles. The monoisotopic (exact) mass is 229 g/mol. The Bertz CT molecular complexity index is 381. The first-order chi connectivity index (χ1) is 7.24. The molecule has 15 heavy (non-hydrogen) atoms. The van der Waals surface area contributed by atoms with E-state index >= 15 is 0 Å². The van der Waals surface area contributed by atoms with Crippen LogP contribution in [0, 0.1) is 6.92 Å². The van der Waals surface area contributed by atoms with Gasteiger partial charge in [0.05, 0.1) is 11.6 Å². The van der Waals surface area contributed by atoms with Gasteiger partial charge >= 0.3 is 0 Å². The zero-order chi connectivity index (χ0) is 10.8. The van der Waals surface area contributed by atoms with E-state index in [1.807, 2.05) is 13.0 Å². The first-order valence-corrected chi connectivity index (χ1v) is 5.01. The summed E-state index contributed by atoms with van der Waals surface area (Å²) in [6.07, 6.45) is 0. The first-order valence-electron chi connectivity index (χ1n) is 4.63. The highest BCUT2D eigenvalue weighted by Gasteiger charge is 2.19. The average Bonchev–Trinajstić information content (AvgIpc) is 2.26. The summed E-state index contributed by atoms with van der Waals surface area (Å²) in [5.74, 6) is 6.31. The highest BCUT2D eigenvalue weighted by Crippen LogP contribution is 2.41. The minimum absolute atomic E-state index is 0.308. The van der Waals surface area contributed by atoms with Gasteiger partial charge in [-0.2, -0.15) is 0 Å². The van der Waals surface area contributed by atoms with E-state index in [4.69, 9.17) is 27.0 Å². The van der Waals surface area contributed by atoms with Crippen LogP contribution in [0.15, 0.2) is 6.07 Å². The molecular formula is C10H12ClNO3. The maximum atomic E-state index is 6.15. The Morgan fingerprint density at radius 2 is 2.20 bits per heavy atom. The standard InChI is InChI=1S/C10H12ClNO3/c1-6-7(5-15-12)4-8-10(9(6)11)14-3-2-13-8/h4H,2-3,5,12H2,1H3. The molecule has 0 radical (unpaired) electrons. The lowest BCUT2D eigenvalue weighted by atomic mass is 10.1. The van der Waals surface area contributed by atoms with E-state index in [1.54, 1.807) is 0 Å². The van der Waals surface area contributed by atoms with Crippen LogP contribution in [0.1, 0.15) is 11.1 Å². The maximum absolute atomic E-state index is 6.15. The highest BCUT2D eigenvalue weighted by molar-refractivity contribution is 6.33. The van der Waals surface area contributed by atoms with Gasteiger partial charge in [-0.05, 0) is 24.1 Å². The molecule has 0 atom stereocenters. The molecule has 0 fully saturated rings. The highest BCUT2D eigenvalue weighted by atomic mass is 35.5. The fraction of sp³-hybridized carbons (Fsp3) is 0.400. The van der Waals surface area contributed by atoms with Crippen molar-refractivity contribution in [1.82, 2.24) is 0 Å². The van der Waals surface area contributed by atoms with Crippen molar-refractivity contribution < 1.29 is 14.3 Å². The minimum Gasteiger partial charge on any atom is -0.486 e. The molecule has 5 heteroatoms. The minimum atomic E-state index is 0.308. The Balaban J connectivity index is 2.47. The Labute approximate surface area is 92.8 Å². The van der Waals surface area contributed by atoms with Crippen LogP contribution in [0.25, 0.3) is 0 Å². The van der Waals surface area contributed by atoms with Crippen molar-refractivity contribution in [3.05, 3.63) is 22.2 Å². The summed E-state index contributed by atoms with van der Waals surface area (Å²) in [6.45, 7) is 3.27. The van der Waals surface area contributed by atoms with Crippen LogP contribution < -0.4 is 15.4 Å². The molecule has 2 rings (SSSR count). The number of ether oxygens (including phenoxy) is 2. The number of nitrogens with two attached hydrogens (primary N) is 1. The summed E-state index contributed by atoms with van der Waals surface area (Å²) in [5.41, 5.74) is 1.82. The van der Waals surface area contributed by atoms with Crippen LogP contribution in [-0.2, 0) is 11.4 Å². The summed E-state index contributed by atoms with van der Waals surface area (Å²) in [7, 11) is 0. The summed E-state index contributed by atoms with van der Waals surface area (Å²) < 4.78 is 10.9. The molecule has 0 saturated carbocycles. The van der Waals surface area contributed by atoms with Crippen LogP contribution >= 0.6 is 11.6 Å².